The first-order chi connectivity index (χ1) is 15.0. The average molecular weight is 454 g/mol. The highest BCUT2D eigenvalue weighted by atomic mass is 31.2. The van der Waals surface area contributed by atoms with Gasteiger partial charge in [0.1, 0.15) is 0 Å². The Morgan fingerprint density at radius 2 is 1.72 bits per heavy atom. The van der Waals surface area contributed by atoms with Crippen LogP contribution < -0.4 is 0 Å². The molecule has 0 N–H and O–H groups in total. The number of rotatable bonds is 5. The van der Waals surface area contributed by atoms with E-state index >= 15 is 0 Å². The minimum Gasteiger partial charge on any atom is -0.295 e. The van der Waals surface area contributed by atoms with Gasteiger partial charge in [-0.1, -0.05) is 76.2 Å². The van der Waals surface area contributed by atoms with E-state index in [1.54, 1.807) is 11.7 Å². The molecule has 0 saturated carbocycles. The molecule has 1 unspecified atom stereocenters. The van der Waals surface area contributed by atoms with Crippen molar-refractivity contribution in [3.63, 3.8) is 0 Å². The van der Waals surface area contributed by atoms with E-state index < -0.39 is 7.75 Å². The van der Waals surface area contributed by atoms with Gasteiger partial charge in [0.2, 0.25) is 0 Å². The third-order valence-electron chi connectivity index (χ3n) is 7.15. The van der Waals surface area contributed by atoms with E-state index in [1.807, 2.05) is 12.1 Å². The molecule has 2 aliphatic rings. The lowest BCUT2D eigenvalue weighted by atomic mass is 9.63. The molecule has 2 aromatic carbocycles. The summed E-state index contributed by atoms with van der Waals surface area (Å²) in [5, 5.41) is 0. The normalized spacial score (nSPS) is 25.0. The molecule has 4 rings (SSSR count). The topological polar surface area (TPSA) is 38.8 Å². The minimum absolute atomic E-state index is 0.210. The molecule has 0 amide bonds. The zero-order valence-corrected chi connectivity index (χ0v) is 21.2. The van der Waals surface area contributed by atoms with Gasteiger partial charge in [-0.2, -0.15) is 0 Å². The molecule has 0 aromatic heterocycles. The van der Waals surface area contributed by atoms with Crippen LogP contribution in [0.4, 0.5) is 0 Å². The Balaban J connectivity index is 1.50. The van der Waals surface area contributed by atoms with Crippen LogP contribution in [0, 0.1) is 0 Å². The maximum Gasteiger partial charge on any atom is 0.408 e. The van der Waals surface area contributed by atoms with Crippen molar-refractivity contribution in [1.29, 1.82) is 0 Å². The van der Waals surface area contributed by atoms with Crippen molar-refractivity contribution in [3.05, 3.63) is 70.3 Å². The summed E-state index contributed by atoms with van der Waals surface area (Å²) in [6.45, 7) is 13.0. The summed E-state index contributed by atoms with van der Waals surface area (Å²) in [6.07, 6.45) is 4.68. The monoisotopic (exact) mass is 453 g/mol. The second-order valence-corrected chi connectivity index (χ2v) is 12.7. The van der Waals surface area contributed by atoms with Crippen LogP contribution in [-0.4, -0.2) is 24.9 Å². The van der Waals surface area contributed by atoms with E-state index in [0.29, 0.717) is 13.2 Å². The fourth-order valence-corrected chi connectivity index (χ4v) is 6.10. The predicted octanol–water partition coefficient (Wildman–Crippen LogP) is 7.18. The minimum atomic E-state index is -3.11. The molecule has 4 nitrogen and oxygen atoms in total. The first kappa shape index (κ1) is 23.4. The van der Waals surface area contributed by atoms with Crippen LogP contribution in [0.1, 0.15) is 75.3 Å². The van der Waals surface area contributed by atoms with Crippen molar-refractivity contribution in [2.75, 3.05) is 20.2 Å². The molecule has 1 atom stereocenters. The van der Waals surface area contributed by atoms with Crippen LogP contribution >= 0.6 is 7.75 Å². The third-order valence-corrected chi connectivity index (χ3v) is 9.15. The lowest BCUT2D eigenvalue weighted by Crippen LogP contribution is -2.33. The van der Waals surface area contributed by atoms with E-state index in [-0.39, 0.29) is 17.4 Å². The van der Waals surface area contributed by atoms with Gasteiger partial charge < -0.3 is 0 Å². The van der Waals surface area contributed by atoms with Gasteiger partial charge in [0.15, 0.2) is 0 Å². The molecule has 0 bridgehead atoms. The number of hydrogen-bond acceptors (Lipinski definition) is 3. The number of nitrogens with zero attached hydrogens (tertiary/aromatic N) is 1. The Morgan fingerprint density at radius 1 is 1.06 bits per heavy atom. The molecule has 32 heavy (non-hydrogen) atoms. The summed E-state index contributed by atoms with van der Waals surface area (Å²) in [5.41, 5.74) is 8.08. The molecule has 1 aliphatic carbocycles. The van der Waals surface area contributed by atoms with Gasteiger partial charge in [0, 0.05) is 6.54 Å². The van der Waals surface area contributed by atoms with E-state index in [0.717, 1.165) is 11.1 Å². The number of benzene rings is 2. The highest BCUT2D eigenvalue weighted by Gasteiger charge is 2.37. The standard InChI is InChI=1S/C27H36NO3P/c1-20(23-11-12-24-25(18-23)27(4,5)14-13-26(24,2)3)17-21-7-9-22(10-8-21)19-31-32(29)28(6)15-16-30-32/h7-12,17-18H,13-16,19H2,1-6H3. The molecular weight excluding hydrogens is 417 g/mol. The Morgan fingerprint density at radius 3 is 2.34 bits per heavy atom. The number of likely N-dealkylation sites (N-methyl/N-ethyl adjacent to an activating group) is 1. The van der Waals surface area contributed by atoms with Gasteiger partial charge in [-0.15, -0.1) is 0 Å². The van der Waals surface area contributed by atoms with Gasteiger partial charge in [0.05, 0.1) is 13.2 Å². The Labute approximate surface area is 193 Å². The third kappa shape index (κ3) is 4.65. The maximum atomic E-state index is 12.5. The average Bonchev–Trinajstić information content (AvgIpc) is 3.09. The van der Waals surface area contributed by atoms with Crippen molar-refractivity contribution in [1.82, 2.24) is 4.67 Å². The Bertz CT molecular complexity index is 1070. The summed E-state index contributed by atoms with van der Waals surface area (Å²) in [7, 11) is -1.34. The number of hydrogen-bond donors (Lipinski definition) is 0. The lowest BCUT2D eigenvalue weighted by Gasteiger charge is -2.42. The van der Waals surface area contributed by atoms with Gasteiger partial charge in [-0.25, -0.2) is 9.24 Å². The second-order valence-electron chi connectivity index (χ2n) is 10.6. The highest BCUT2D eigenvalue weighted by molar-refractivity contribution is 7.51. The zero-order valence-electron chi connectivity index (χ0n) is 20.3. The summed E-state index contributed by atoms with van der Waals surface area (Å²) in [6, 6.07) is 15.2. The Hall–Kier alpha value is -1.71. The molecule has 1 fully saturated rings. The van der Waals surface area contributed by atoms with E-state index in [9.17, 15) is 4.57 Å². The summed E-state index contributed by atoms with van der Waals surface area (Å²) in [5.74, 6) is 0. The summed E-state index contributed by atoms with van der Waals surface area (Å²) < 4.78 is 25.1. The van der Waals surface area contributed by atoms with Gasteiger partial charge in [0.25, 0.3) is 0 Å². The fourth-order valence-electron chi connectivity index (χ4n) is 4.68. The molecule has 172 valence electrons. The largest absolute Gasteiger partial charge is 0.408 e. The van der Waals surface area contributed by atoms with Gasteiger partial charge in [-0.3, -0.25) is 9.05 Å². The molecule has 5 heteroatoms. The zero-order chi connectivity index (χ0) is 23.1. The highest BCUT2D eigenvalue weighted by Crippen LogP contribution is 2.54. The molecule has 0 radical (unpaired) electrons. The van der Waals surface area contributed by atoms with Crippen molar-refractivity contribution < 1.29 is 13.6 Å². The van der Waals surface area contributed by atoms with Crippen molar-refractivity contribution in [3.8, 4) is 0 Å². The fraction of sp³-hybridized carbons (Fsp3) is 0.481. The molecule has 1 saturated heterocycles. The molecule has 0 spiro atoms. The van der Waals surface area contributed by atoms with Crippen LogP contribution in [0.2, 0.25) is 0 Å². The SMILES string of the molecule is CC(=Cc1ccc(COP2(=O)OCCN2C)cc1)c1ccc2c(c1)C(C)(C)CCC2(C)C. The van der Waals surface area contributed by atoms with Crippen LogP contribution in [0.3, 0.4) is 0 Å². The van der Waals surface area contributed by atoms with Crippen LogP contribution in [-0.2, 0) is 31.0 Å². The first-order valence-corrected chi connectivity index (χ1v) is 13.0. The van der Waals surface area contributed by atoms with Crippen LogP contribution in [0.25, 0.3) is 11.6 Å². The quantitative estimate of drug-likeness (QED) is 0.355. The molecule has 2 aromatic rings. The van der Waals surface area contributed by atoms with E-state index in [4.69, 9.17) is 9.05 Å². The lowest BCUT2D eigenvalue weighted by molar-refractivity contribution is 0.209. The number of fused-ring (bicyclic) bond motifs is 1. The second kappa shape index (κ2) is 8.57. The van der Waals surface area contributed by atoms with Crippen LogP contribution in [0.5, 0.6) is 0 Å². The van der Waals surface area contributed by atoms with Crippen molar-refractivity contribution in [2.24, 2.45) is 0 Å². The van der Waals surface area contributed by atoms with Gasteiger partial charge >= 0.3 is 7.75 Å². The molecule has 1 aliphatic heterocycles. The Kier molecular flexibility index (Phi) is 6.28. The first-order valence-electron chi connectivity index (χ1n) is 11.5. The molecule has 1 heterocycles. The smallest absolute Gasteiger partial charge is 0.295 e. The van der Waals surface area contributed by atoms with Crippen molar-refractivity contribution in [2.45, 2.75) is 64.9 Å². The van der Waals surface area contributed by atoms with Crippen molar-refractivity contribution >= 4 is 19.4 Å². The van der Waals surface area contributed by atoms with E-state index in [2.05, 4.69) is 71.0 Å². The summed E-state index contributed by atoms with van der Waals surface area (Å²) in [4.78, 5) is 0. The predicted molar refractivity (Wildman–Crippen MR) is 133 cm³/mol. The van der Waals surface area contributed by atoms with Crippen LogP contribution in [0.15, 0.2) is 42.5 Å². The maximum absolute atomic E-state index is 12.5. The molecular formula is C27H36NO3P. The number of allylic oxidation sites excluding steroid dienone is 1. The van der Waals surface area contributed by atoms with Gasteiger partial charge in [-0.05, 0) is 71.0 Å². The van der Waals surface area contributed by atoms with E-state index in [1.165, 1.54) is 35.1 Å². The summed E-state index contributed by atoms with van der Waals surface area (Å²) >= 11 is 0.